The van der Waals surface area contributed by atoms with Crippen LogP contribution < -0.4 is 21.7 Å². The average molecular weight is 585 g/mol. The van der Waals surface area contributed by atoms with Crippen molar-refractivity contribution >= 4 is 10.9 Å². The Bertz CT molecular complexity index is 1330. The average Bonchev–Trinajstić information content (AvgIpc) is 2.92. The van der Waals surface area contributed by atoms with E-state index < -0.39 is 53.3 Å². The molecule has 0 amide bonds. The van der Waals surface area contributed by atoms with Gasteiger partial charge in [-0.3, -0.25) is 4.98 Å². The van der Waals surface area contributed by atoms with E-state index in [4.69, 9.17) is 4.74 Å². The zero-order valence-electron chi connectivity index (χ0n) is 20.0. The summed E-state index contributed by atoms with van der Waals surface area (Å²) in [7, 11) is 1.53. The molecule has 198 valence electrons. The molecule has 0 radical (unpaired) electrons. The van der Waals surface area contributed by atoms with Crippen molar-refractivity contribution in [1.29, 1.82) is 0 Å². The standard InChI is InChI=1S/C27H26F5N2O2.BrH/c1-3-14-12-34(13-19-22(28)24(30)26(32)25(31)23(19)29)9-7-15(14)10-21(34)27(35)17-6-8-33-20-5-4-16(36-2)11-18(17)20;/h3-6,8,11,14-15,21,27,35H,1,7,9-10,12-13H2,2H3;1H/q+1;/p-1/t14-,15-,21-,27+,34?;/m1./s1. The van der Waals surface area contributed by atoms with Gasteiger partial charge in [-0.15, -0.1) is 6.58 Å². The molecular weight excluding hydrogens is 559 g/mol. The Kier molecular flexibility index (Phi) is 7.65. The van der Waals surface area contributed by atoms with E-state index >= 15 is 0 Å². The fourth-order valence-electron chi connectivity index (χ4n) is 6.22. The summed E-state index contributed by atoms with van der Waals surface area (Å²) in [5, 5.41) is 12.4. The van der Waals surface area contributed by atoms with Gasteiger partial charge >= 0.3 is 0 Å². The van der Waals surface area contributed by atoms with E-state index in [-0.39, 0.29) is 33.3 Å². The summed E-state index contributed by atoms with van der Waals surface area (Å²) in [6, 6.07) is 6.44. The maximum absolute atomic E-state index is 14.8. The molecule has 5 atom stereocenters. The molecule has 2 bridgehead atoms. The van der Waals surface area contributed by atoms with Gasteiger partial charge in [-0.05, 0) is 35.7 Å². The number of hydrogen-bond donors (Lipinski definition) is 1. The molecule has 3 aliphatic heterocycles. The SMILES string of the molecule is C=C[C@@H]1C[N+]2(Cc3c(F)c(F)c(F)c(F)c3F)CC[C@@H]1C[C@@H]2[C@@H](O)c1ccnc2ccc(OC)cc12.[Br-]. The van der Waals surface area contributed by atoms with Crippen LogP contribution in [0.2, 0.25) is 0 Å². The number of ether oxygens (including phenoxy) is 1. The summed E-state index contributed by atoms with van der Waals surface area (Å²) in [4.78, 5) is 4.35. The van der Waals surface area contributed by atoms with Crippen LogP contribution in [-0.2, 0) is 6.54 Å². The van der Waals surface area contributed by atoms with E-state index in [1.807, 2.05) is 0 Å². The zero-order valence-corrected chi connectivity index (χ0v) is 21.6. The Morgan fingerprint density at radius 3 is 2.43 bits per heavy atom. The third-order valence-corrected chi connectivity index (χ3v) is 8.11. The molecule has 1 aromatic heterocycles. The molecule has 6 rings (SSSR count). The molecular formula is C27H26BrF5N2O2. The molecule has 0 aliphatic carbocycles. The molecule has 0 spiro atoms. The van der Waals surface area contributed by atoms with Crippen molar-refractivity contribution in [1.82, 2.24) is 4.98 Å². The molecule has 4 nitrogen and oxygen atoms in total. The summed E-state index contributed by atoms with van der Waals surface area (Å²) in [6.45, 7) is 4.27. The third kappa shape index (κ3) is 4.42. The molecule has 10 heteroatoms. The minimum Gasteiger partial charge on any atom is -1.00 e. The number of aliphatic hydroxyl groups excluding tert-OH is 1. The van der Waals surface area contributed by atoms with E-state index in [0.29, 0.717) is 48.1 Å². The van der Waals surface area contributed by atoms with Crippen LogP contribution >= 0.6 is 0 Å². The van der Waals surface area contributed by atoms with Gasteiger partial charge in [-0.25, -0.2) is 22.0 Å². The summed E-state index contributed by atoms with van der Waals surface area (Å²) in [6.07, 6.45) is 3.49. The van der Waals surface area contributed by atoms with Gasteiger partial charge in [-0.1, -0.05) is 6.08 Å². The summed E-state index contributed by atoms with van der Waals surface area (Å²) in [5.41, 5.74) is 0.355. The first-order chi connectivity index (χ1) is 17.2. The minimum absolute atomic E-state index is 0. The number of fused-ring (bicyclic) bond motifs is 4. The lowest BCUT2D eigenvalue weighted by molar-refractivity contribution is -0.985. The molecule has 37 heavy (non-hydrogen) atoms. The van der Waals surface area contributed by atoms with Crippen molar-refractivity contribution in [2.45, 2.75) is 31.5 Å². The van der Waals surface area contributed by atoms with E-state index in [0.717, 1.165) is 0 Å². The van der Waals surface area contributed by atoms with Crippen molar-refractivity contribution in [3.05, 3.63) is 83.3 Å². The summed E-state index contributed by atoms with van der Waals surface area (Å²) < 4.78 is 76.7. The van der Waals surface area contributed by atoms with Gasteiger partial charge in [0.15, 0.2) is 23.3 Å². The number of pyridine rings is 1. The van der Waals surface area contributed by atoms with Crippen LogP contribution in [0.15, 0.2) is 43.1 Å². The van der Waals surface area contributed by atoms with Crippen molar-refractivity contribution in [2.24, 2.45) is 11.8 Å². The number of aromatic nitrogens is 1. The first-order valence-corrected chi connectivity index (χ1v) is 11.8. The van der Waals surface area contributed by atoms with Gasteiger partial charge in [0.2, 0.25) is 5.82 Å². The van der Waals surface area contributed by atoms with Gasteiger partial charge in [0.05, 0.1) is 31.3 Å². The predicted octanol–water partition coefficient (Wildman–Crippen LogP) is 2.59. The van der Waals surface area contributed by atoms with Crippen LogP contribution in [0.4, 0.5) is 22.0 Å². The summed E-state index contributed by atoms with van der Waals surface area (Å²) in [5.74, 6) is -8.98. The van der Waals surface area contributed by atoms with Gasteiger partial charge in [0.1, 0.15) is 24.4 Å². The van der Waals surface area contributed by atoms with Crippen LogP contribution in [0.5, 0.6) is 5.75 Å². The van der Waals surface area contributed by atoms with Crippen molar-refractivity contribution in [3.8, 4) is 5.75 Å². The molecule has 0 saturated carbocycles. The highest BCUT2D eigenvalue weighted by Crippen LogP contribution is 2.48. The molecule has 3 aliphatic rings. The maximum atomic E-state index is 14.8. The normalized spacial score (nSPS) is 25.5. The molecule has 3 fully saturated rings. The predicted molar refractivity (Wildman–Crippen MR) is 123 cm³/mol. The second-order valence-electron chi connectivity index (χ2n) is 9.81. The number of halogens is 6. The number of aliphatic hydroxyl groups is 1. The van der Waals surface area contributed by atoms with Crippen LogP contribution in [0.25, 0.3) is 10.9 Å². The Hall–Kier alpha value is -2.56. The highest BCUT2D eigenvalue weighted by atomic mass is 79.9. The highest BCUT2D eigenvalue weighted by Gasteiger charge is 2.54. The Labute approximate surface area is 221 Å². The monoisotopic (exact) mass is 584 g/mol. The lowest BCUT2D eigenvalue weighted by Gasteiger charge is -2.58. The van der Waals surface area contributed by atoms with Gasteiger partial charge in [0.25, 0.3) is 0 Å². The number of piperidine rings is 3. The lowest BCUT2D eigenvalue weighted by Crippen LogP contribution is -3.00. The molecule has 4 heterocycles. The molecule has 1 unspecified atom stereocenters. The Morgan fingerprint density at radius 1 is 1.11 bits per heavy atom. The van der Waals surface area contributed by atoms with Crippen LogP contribution in [0.3, 0.4) is 0 Å². The van der Waals surface area contributed by atoms with Crippen molar-refractivity contribution < 1.29 is 53.3 Å². The quantitative estimate of drug-likeness (QED) is 0.159. The van der Waals surface area contributed by atoms with Crippen LogP contribution in [0, 0.1) is 40.9 Å². The van der Waals surface area contributed by atoms with Crippen molar-refractivity contribution in [2.75, 3.05) is 20.2 Å². The number of nitrogens with zero attached hydrogens (tertiary/aromatic N) is 2. The van der Waals surface area contributed by atoms with Crippen LogP contribution in [0.1, 0.15) is 30.1 Å². The van der Waals surface area contributed by atoms with Gasteiger partial charge in [0, 0.05) is 30.3 Å². The number of hydrogen-bond acceptors (Lipinski definition) is 3. The molecule has 2 aromatic carbocycles. The second kappa shape index (κ2) is 10.3. The fourth-order valence-corrected chi connectivity index (χ4v) is 6.22. The molecule has 3 aromatic rings. The third-order valence-electron chi connectivity index (χ3n) is 8.11. The second-order valence-corrected chi connectivity index (χ2v) is 9.81. The Balaban J connectivity index is 0.00000320. The van der Waals surface area contributed by atoms with Crippen LogP contribution in [-0.4, -0.2) is 40.8 Å². The highest BCUT2D eigenvalue weighted by molar-refractivity contribution is 5.83. The Morgan fingerprint density at radius 2 is 1.78 bits per heavy atom. The minimum atomic E-state index is -2.18. The smallest absolute Gasteiger partial charge is 0.200 e. The van der Waals surface area contributed by atoms with E-state index in [1.54, 1.807) is 36.5 Å². The fraction of sp³-hybridized carbons (Fsp3) is 0.370. The summed E-state index contributed by atoms with van der Waals surface area (Å²) >= 11 is 0. The largest absolute Gasteiger partial charge is 1.00 e. The molecule has 3 saturated heterocycles. The number of benzene rings is 2. The van der Waals surface area contributed by atoms with E-state index in [9.17, 15) is 27.1 Å². The number of quaternary nitrogens is 1. The van der Waals surface area contributed by atoms with Gasteiger partial charge in [-0.2, -0.15) is 0 Å². The van der Waals surface area contributed by atoms with E-state index in [1.165, 1.54) is 7.11 Å². The first kappa shape index (κ1) is 27.5. The number of methoxy groups -OCH3 is 1. The number of rotatable bonds is 6. The van der Waals surface area contributed by atoms with Gasteiger partial charge < -0.3 is 31.3 Å². The first-order valence-electron chi connectivity index (χ1n) is 11.8. The van der Waals surface area contributed by atoms with Crippen molar-refractivity contribution in [3.63, 3.8) is 0 Å². The maximum Gasteiger partial charge on any atom is 0.200 e. The molecule has 1 N–H and O–H groups in total. The lowest BCUT2D eigenvalue weighted by atomic mass is 9.71. The zero-order chi connectivity index (χ0) is 25.8. The topological polar surface area (TPSA) is 42.4 Å². The van der Waals surface area contributed by atoms with E-state index in [2.05, 4.69) is 11.6 Å².